The number of carbonyl (C=O) groups excluding carboxylic acids is 1. The molecule has 0 aromatic carbocycles. The smallest absolute Gasteiger partial charge is 0.342 e. The van der Waals surface area contributed by atoms with Crippen molar-refractivity contribution in [3.05, 3.63) is 0 Å². The van der Waals surface area contributed by atoms with Gasteiger partial charge in [0.25, 0.3) is 0 Å². The van der Waals surface area contributed by atoms with Crippen LogP contribution in [0.1, 0.15) is 0 Å². The van der Waals surface area contributed by atoms with E-state index in [1.54, 1.807) is 0 Å². The van der Waals surface area contributed by atoms with Crippen LogP contribution in [0.15, 0.2) is 0 Å². The first-order valence-electron chi connectivity index (χ1n) is 1.32. The summed E-state index contributed by atoms with van der Waals surface area (Å²) in [5.74, 6) is -0.176. The number of hydrogen-bond acceptors (Lipinski definition) is 3. The van der Waals surface area contributed by atoms with Crippen molar-refractivity contribution in [2.45, 2.75) is 0 Å². The second kappa shape index (κ2) is 0.687. The van der Waals surface area contributed by atoms with Crippen molar-refractivity contribution in [2.24, 2.45) is 0 Å². The predicted octanol–water partition coefficient (Wildman–Crippen LogP) is -0.952. The van der Waals surface area contributed by atoms with E-state index in [4.69, 9.17) is 0 Å². The number of hydrogen-bond donors (Lipinski definition) is 1. The van der Waals surface area contributed by atoms with E-state index in [0.717, 1.165) is 0 Å². The molecule has 3 nitrogen and oxygen atoms in total. The van der Waals surface area contributed by atoms with E-state index in [1.807, 2.05) is 0 Å². The molecule has 28 valence electrons. The molecular weight excluding hydrogens is 70.0 g/mol. The maximum Gasteiger partial charge on any atom is 0.342 e. The van der Waals surface area contributed by atoms with Crippen LogP contribution in [0.25, 0.3) is 0 Å². The molecule has 3 heteroatoms. The van der Waals surface area contributed by atoms with Crippen LogP contribution in [-0.2, 0) is 9.63 Å². The van der Waals surface area contributed by atoms with Gasteiger partial charge >= 0.3 is 5.97 Å². The van der Waals surface area contributed by atoms with Gasteiger partial charge in [0.1, 0.15) is 6.54 Å². The van der Waals surface area contributed by atoms with E-state index in [-0.39, 0.29) is 5.97 Å². The zero-order valence-corrected chi connectivity index (χ0v) is 2.52. The van der Waals surface area contributed by atoms with Crippen LogP contribution in [0.5, 0.6) is 0 Å². The summed E-state index contributed by atoms with van der Waals surface area (Å²) in [4.78, 5) is 13.7. The molecule has 0 aromatic heterocycles. The topological polar surface area (TPSA) is 38.3 Å². The van der Waals surface area contributed by atoms with Crippen LogP contribution in [0.2, 0.25) is 0 Å². The Morgan fingerprint density at radius 2 is 2.40 bits per heavy atom. The molecule has 0 aromatic rings. The van der Waals surface area contributed by atoms with E-state index >= 15 is 0 Å². The van der Waals surface area contributed by atoms with Crippen molar-refractivity contribution >= 4 is 5.97 Å². The largest absolute Gasteiger partial charge is 0.369 e. The maximum absolute atomic E-state index is 9.61. The van der Waals surface area contributed by atoms with Crippen LogP contribution in [0.3, 0.4) is 0 Å². The third-order valence-electron chi connectivity index (χ3n) is 0.403. The van der Waals surface area contributed by atoms with E-state index in [2.05, 4.69) is 10.3 Å². The molecule has 0 bridgehead atoms. The number of hydroxylamine groups is 1. The van der Waals surface area contributed by atoms with Gasteiger partial charge in [-0.05, 0) is 0 Å². The molecule has 0 unspecified atom stereocenters. The highest BCUT2D eigenvalue weighted by molar-refractivity contribution is 5.74. The van der Waals surface area contributed by atoms with Gasteiger partial charge in [0.15, 0.2) is 0 Å². The Morgan fingerprint density at radius 1 is 2.00 bits per heavy atom. The summed E-state index contributed by atoms with van der Waals surface area (Å²) < 4.78 is 0. The molecule has 1 aliphatic rings. The highest BCUT2D eigenvalue weighted by Gasteiger charge is 2.10. The van der Waals surface area contributed by atoms with Gasteiger partial charge in [0.05, 0.1) is 0 Å². The first-order chi connectivity index (χ1) is 2.39. The lowest BCUT2D eigenvalue weighted by Crippen LogP contribution is -2.39. The minimum Gasteiger partial charge on any atom is -0.369 e. The number of carbonyl (C=O) groups is 1. The maximum atomic E-state index is 9.61. The lowest BCUT2D eigenvalue weighted by molar-refractivity contribution is -0.168. The van der Waals surface area contributed by atoms with Gasteiger partial charge in [-0.2, -0.15) is 0 Å². The summed E-state index contributed by atoms with van der Waals surface area (Å²) >= 11 is 0. The van der Waals surface area contributed by atoms with E-state index in [1.165, 1.54) is 0 Å². The molecule has 1 N–H and O–H groups in total. The summed E-state index contributed by atoms with van der Waals surface area (Å²) in [6, 6.07) is 0. The SMILES string of the molecule is O=C1CNO1. The van der Waals surface area contributed by atoms with E-state index in [9.17, 15) is 4.79 Å². The molecule has 1 rings (SSSR count). The Morgan fingerprint density at radius 3 is 2.40 bits per heavy atom. The van der Waals surface area contributed by atoms with Crippen molar-refractivity contribution in [1.29, 1.82) is 0 Å². The highest BCUT2D eigenvalue weighted by Crippen LogP contribution is 1.78. The average molecular weight is 73.1 g/mol. The van der Waals surface area contributed by atoms with Crippen molar-refractivity contribution in [2.75, 3.05) is 6.54 Å². The van der Waals surface area contributed by atoms with Crippen molar-refractivity contribution in [3.8, 4) is 0 Å². The fourth-order valence-electron chi connectivity index (χ4n) is 0.131. The van der Waals surface area contributed by atoms with E-state index < -0.39 is 0 Å². The third-order valence-corrected chi connectivity index (χ3v) is 0.403. The summed E-state index contributed by atoms with van der Waals surface area (Å²) in [6.07, 6.45) is 0. The van der Waals surface area contributed by atoms with Crippen LogP contribution in [-0.4, -0.2) is 12.5 Å². The lowest BCUT2D eigenvalue weighted by atomic mass is 10.6. The zero-order valence-electron chi connectivity index (χ0n) is 2.52. The van der Waals surface area contributed by atoms with Gasteiger partial charge in [-0.25, -0.2) is 4.79 Å². The van der Waals surface area contributed by atoms with Crippen LogP contribution in [0, 0.1) is 0 Å². The van der Waals surface area contributed by atoms with Crippen molar-refractivity contribution < 1.29 is 9.63 Å². The normalized spacial score (nSPS) is 20.4. The Hall–Kier alpha value is -0.570. The first kappa shape index (κ1) is 2.66. The Labute approximate surface area is 28.9 Å². The van der Waals surface area contributed by atoms with Gasteiger partial charge in [0, 0.05) is 0 Å². The molecular formula is C2H3NO2. The standard InChI is InChI=1S/C2H3NO2/c4-2-1-3-5-2/h3H,1H2. The summed E-state index contributed by atoms with van der Waals surface area (Å²) in [6.45, 7) is 0.375. The second-order valence-electron chi connectivity index (χ2n) is 0.795. The molecule has 1 fully saturated rings. The molecule has 0 radical (unpaired) electrons. The minimum absolute atomic E-state index is 0.176. The van der Waals surface area contributed by atoms with Gasteiger partial charge < -0.3 is 4.84 Å². The van der Waals surface area contributed by atoms with Crippen LogP contribution in [0.4, 0.5) is 0 Å². The van der Waals surface area contributed by atoms with Crippen LogP contribution < -0.4 is 5.48 Å². The zero-order chi connectivity index (χ0) is 3.70. The average Bonchev–Trinajstić information content (AvgIpc) is 1.30. The summed E-state index contributed by atoms with van der Waals surface area (Å²) in [7, 11) is 0. The second-order valence-corrected chi connectivity index (χ2v) is 0.795. The molecule has 0 spiro atoms. The summed E-state index contributed by atoms with van der Waals surface area (Å²) in [5.41, 5.74) is 2.31. The Balaban J connectivity index is 2.32. The van der Waals surface area contributed by atoms with Crippen LogP contribution >= 0.6 is 0 Å². The van der Waals surface area contributed by atoms with Gasteiger partial charge in [-0.1, -0.05) is 0 Å². The fourth-order valence-corrected chi connectivity index (χ4v) is 0.131. The quantitative estimate of drug-likeness (QED) is 0.401. The van der Waals surface area contributed by atoms with Crippen molar-refractivity contribution in [3.63, 3.8) is 0 Å². The summed E-state index contributed by atoms with van der Waals surface area (Å²) in [5, 5.41) is 0. The third kappa shape index (κ3) is 0.238. The molecule has 5 heavy (non-hydrogen) atoms. The predicted molar refractivity (Wildman–Crippen MR) is 14.1 cm³/mol. The number of nitrogens with one attached hydrogen (secondary N) is 1. The van der Waals surface area contributed by atoms with Gasteiger partial charge in [0.2, 0.25) is 0 Å². The van der Waals surface area contributed by atoms with Gasteiger partial charge in [-0.15, -0.1) is 5.48 Å². The number of rotatable bonds is 0. The Bertz CT molecular complexity index is 54.7. The molecule has 0 amide bonds. The monoisotopic (exact) mass is 73.0 g/mol. The molecule has 0 aliphatic carbocycles. The molecule has 1 heterocycles. The first-order valence-corrected chi connectivity index (χ1v) is 1.32. The lowest BCUT2D eigenvalue weighted by Gasteiger charge is -2.10. The highest BCUT2D eigenvalue weighted by atomic mass is 16.7. The Kier molecular flexibility index (Phi) is 0.365. The minimum atomic E-state index is -0.176. The molecule has 0 atom stereocenters. The van der Waals surface area contributed by atoms with Crippen molar-refractivity contribution in [1.82, 2.24) is 5.48 Å². The molecule has 1 saturated heterocycles. The molecule has 0 saturated carbocycles. The molecule has 1 aliphatic heterocycles. The fraction of sp³-hybridized carbons (Fsp3) is 0.500. The van der Waals surface area contributed by atoms with Gasteiger partial charge in [-0.3, -0.25) is 0 Å². The van der Waals surface area contributed by atoms with E-state index in [0.29, 0.717) is 6.54 Å².